The lowest BCUT2D eigenvalue weighted by Gasteiger charge is -2.14. The van der Waals surface area contributed by atoms with Crippen LogP contribution >= 0.6 is 11.8 Å². The van der Waals surface area contributed by atoms with Crippen LogP contribution in [0.25, 0.3) is 22.2 Å². The van der Waals surface area contributed by atoms with Crippen LogP contribution in [-0.2, 0) is 6.54 Å². The van der Waals surface area contributed by atoms with Gasteiger partial charge in [0.15, 0.2) is 11.0 Å². The molecule has 0 saturated carbocycles. The average molecular weight is 406 g/mol. The van der Waals surface area contributed by atoms with Crippen molar-refractivity contribution in [2.75, 3.05) is 12.4 Å². The number of rotatable bonds is 8. The Kier molecular flexibility index (Phi) is 6.12. The van der Waals surface area contributed by atoms with E-state index in [1.807, 2.05) is 60.7 Å². The van der Waals surface area contributed by atoms with E-state index in [0.717, 1.165) is 39.6 Å². The highest BCUT2D eigenvalue weighted by atomic mass is 32.2. The Balaban J connectivity index is 1.39. The molecule has 4 rings (SSSR count). The number of benzene rings is 3. The van der Waals surface area contributed by atoms with Gasteiger partial charge >= 0.3 is 0 Å². The highest BCUT2D eigenvalue weighted by Crippen LogP contribution is 2.26. The van der Waals surface area contributed by atoms with Crippen molar-refractivity contribution in [3.05, 3.63) is 72.8 Å². The molecule has 0 fully saturated rings. The minimum absolute atomic E-state index is 0.229. The molecule has 0 aliphatic carbocycles. The van der Waals surface area contributed by atoms with E-state index in [2.05, 4.69) is 33.8 Å². The van der Waals surface area contributed by atoms with E-state index in [0.29, 0.717) is 5.75 Å². The van der Waals surface area contributed by atoms with Crippen LogP contribution in [0.5, 0.6) is 5.75 Å². The molecule has 0 radical (unpaired) electrons. The summed E-state index contributed by atoms with van der Waals surface area (Å²) in [5, 5.41) is 22.1. The third kappa shape index (κ3) is 4.44. The number of fused-ring (bicyclic) bond motifs is 1. The van der Waals surface area contributed by atoms with Gasteiger partial charge in [0.2, 0.25) is 0 Å². The van der Waals surface area contributed by atoms with Gasteiger partial charge in [0, 0.05) is 23.2 Å². The van der Waals surface area contributed by atoms with Gasteiger partial charge in [-0.2, -0.15) is 0 Å². The number of aliphatic hydroxyl groups is 1. The number of aliphatic hydroxyl groups excluding tert-OH is 1. The van der Waals surface area contributed by atoms with Gasteiger partial charge in [-0.3, -0.25) is 0 Å². The average Bonchev–Trinajstić information content (AvgIpc) is 3.19. The van der Waals surface area contributed by atoms with Crippen LogP contribution in [0.15, 0.2) is 78.0 Å². The first-order valence-electron chi connectivity index (χ1n) is 9.66. The Labute approximate surface area is 174 Å². The van der Waals surface area contributed by atoms with Gasteiger partial charge in [0.05, 0.1) is 6.10 Å². The van der Waals surface area contributed by atoms with E-state index in [1.165, 1.54) is 11.8 Å². The Morgan fingerprint density at radius 2 is 1.72 bits per heavy atom. The van der Waals surface area contributed by atoms with E-state index >= 15 is 0 Å². The van der Waals surface area contributed by atoms with E-state index in [9.17, 15) is 5.11 Å². The van der Waals surface area contributed by atoms with Crippen molar-refractivity contribution >= 4 is 22.5 Å². The Bertz CT molecular complexity index is 1080. The lowest BCUT2D eigenvalue weighted by Crippen LogP contribution is -2.20. The molecule has 29 heavy (non-hydrogen) atoms. The summed E-state index contributed by atoms with van der Waals surface area (Å²) in [6.07, 6.45) is -0.610. The predicted molar refractivity (Wildman–Crippen MR) is 117 cm³/mol. The maximum Gasteiger partial charge on any atom is 0.191 e. The molecule has 5 nitrogen and oxygen atoms in total. The molecule has 4 aromatic rings. The number of hydrogen-bond donors (Lipinski definition) is 1. The monoisotopic (exact) mass is 405 g/mol. The summed E-state index contributed by atoms with van der Waals surface area (Å²) in [7, 11) is 0. The van der Waals surface area contributed by atoms with Crippen LogP contribution in [0, 0.1) is 0 Å². The lowest BCUT2D eigenvalue weighted by atomic mass is 10.1. The van der Waals surface area contributed by atoms with Gasteiger partial charge in [-0.25, -0.2) is 0 Å². The first-order valence-corrected chi connectivity index (χ1v) is 10.6. The summed E-state index contributed by atoms with van der Waals surface area (Å²) in [5.74, 6) is 2.12. The molecule has 1 atom stereocenters. The molecular formula is C23H23N3O2S. The lowest BCUT2D eigenvalue weighted by molar-refractivity contribution is 0.127. The van der Waals surface area contributed by atoms with Crippen molar-refractivity contribution in [2.24, 2.45) is 0 Å². The molecule has 3 aromatic carbocycles. The fourth-order valence-electron chi connectivity index (χ4n) is 3.21. The van der Waals surface area contributed by atoms with E-state index < -0.39 is 6.10 Å². The van der Waals surface area contributed by atoms with Gasteiger partial charge in [-0.15, -0.1) is 10.2 Å². The molecule has 0 bridgehead atoms. The molecule has 0 aliphatic heterocycles. The van der Waals surface area contributed by atoms with Crippen molar-refractivity contribution in [3.63, 3.8) is 0 Å². The smallest absolute Gasteiger partial charge is 0.191 e. The third-order valence-electron chi connectivity index (χ3n) is 4.65. The fourth-order valence-corrected chi connectivity index (χ4v) is 4.12. The number of thioether (sulfide) groups is 1. The van der Waals surface area contributed by atoms with Crippen LogP contribution in [0.3, 0.4) is 0 Å². The van der Waals surface area contributed by atoms with Gasteiger partial charge in [-0.1, -0.05) is 78.5 Å². The van der Waals surface area contributed by atoms with Crippen LogP contribution < -0.4 is 4.74 Å². The van der Waals surface area contributed by atoms with Crippen molar-refractivity contribution in [1.29, 1.82) is 0 Å². The normalized spacial score (nSPS) is 12.2. The molecular weight excluding hydrogens is 382 g/mol. The first-order chi connectivity index (χ1) is 14.3. The van der Waals surface area contributed by atoms with Gasteiger partial charge < -0.3 is 14.4 Å². The predicted octanol–water partition coefficient (Wildman–Crippen LogP) is 4.65. The molecule has 0 amide bonds. The second-order valence-corrected chi connectivity index (χ2v) is 7.66. The van der Waals surface area contributed by atoms with Gasteiger partial charge in [0.25, 0.3) is 0 Å². The van der Waals surface area contributed by atoms with Gasteiger partial charge in [-0.05, 0) is 18.4 Å². The highest BCUT2D eigenvalue weighted by molar-refractivity contribution is 7.99. The minimum atomic E-state index is -0.610. The van der Waals surface area contributed by atoms with Crippen LogP contribution in [0.2, 0.25) is 0 Å². The standard InChI is InChI=1S/C23H23N3O2S/c1-2-26-22(18-10-4-3-5-11-18)24-25-23(26)29-16-19(27)15-28-21-14-8-12-17-9-6-7-13-20(17)21/h3-14,19,27H,2,15-16H2,1H3/t19-/m0/s1. The second kappa shape index (κ2) is 9.11. The summed E-state index contributed by atoms with van der Waals surface area (Å²) in [6, 6.07) is 24.0. The SMILES string of the molecule is CCn1c(SC[C@@H](O)COc2cccc3ccccc23)nnc1-c1ccccc1. The highest BCUT2D eigenvalue weighted by Gasteiger charge is 2.15. The maximum atomic E-state index is 10.4. The zero-order valence-corrected chi connectivity index (χ0v) is 17.0. The van der Waals surface area contributed by atoms with E-state index in [4.69, 9.17) is 4.74 Å². The largest absolute Gasteiger partial charge is 0.490 e. The van der Waals surface area contributed by atoms with Gasteiger partial charge in [0.1, 0.15) is 12.4 Å². The molecule has 6 heteroatoms. The number of ether oxygens (including phenoxy) is 1. The molecule has 1 heterocycles. The molecule has 0 aliphatic rings. The van der Waals surface area contributed by atoms with Crippen molar-refractivity contribution in [2.45, 2.75) is 24.7 Å². The van der Waals surface area contributed by atoms with E-state index in [-0.39, 0.29) is 6.61 Å². The number of nitrogens with zero attached hydrogens (tertiary/aromatic N) is 3. The topological polar surface area (TPSA) is 60.2 Å². The summed E-state index contributed by atoms with van der Waals surface area (Å²) in [5.41, 5.74) is 1.04. The fraction of sp³-hybridized carbons (Fsp3) is 0.217. The summed E-state index contributed by atoms with van der Waals surface area (Å²) >= 11 is 1.49. The second-order valence-electron chi connectivity index (χ2n) is 6.67. The summed E-state index contributed by atoms with van der Waals surface area (Å²) in [4.78, 5) is 0. The van der Waals surface area contributed by atoms with Crippen molar-refractivity contribution in [1.82, 2.24) is 14.8 Å². The maximum absolute atomic E-state index is 10.4. The quantitative estimate of drug-likeness (QED) is 0.432. The molecule has 1 N–H and O–H groups in total. The molecule has 0 spiro atoms. The molecule has 0 saturated heterocycles. The van der Waals surface area contributed by atoms with Crippen molar-refractivity contribution < 1.29 is 9.84 Å². The third-order valence-corrected chi connectivity index (χ3v) is 5.76. The minimum Gasteiger partial charge on any atom is -0.490 e. The molecule has 0 unspecified atom stereocenters. The zero-order valence-electron chi connectivity index (χ0n) is 16.2. The van der Waals surface area contributed by atoms with Crippen LogP contribution in [-0.4, -0.2) is 38.3 Å². The Hall–Kier alpha value is -2.83. The Morgan fingerprint density at radius 3 is 2.55 bits per heavy atom. The van der Waals surface area contributed by atoms with Crippen molar-refractivity contribution in [3.8, 4) is 17.1 Å². The summed E-state index contributed by atoms with van der Waals surface area (Å²) in [6.45, 7) is 3.06. The summed E-state index contributed by atoms with van der Waals surface area (Å²) < 4.78 is 7.96. The number of hydrogen-bond acceptors (Lipinski definition) is 5. The molecule has 148 valence electrons. The van der Waals surface area contributed by atoms with Crippen LogP contribution in [0.1, 0.15) is 6.92 Å². The first kappa shape index (κ1) is 19.5. The van der Waals surface area contributed by atoms with Crippen LogP contribution in [0.4, 0.5) is 0 Å². The Morgan fingerprint density at radius 1 is 0.966 bits per heavy atom. The number of aromatic nitrogens is 3. The molecule has 1 aromatic heterocycles. The van der Waals surface area contributed by atoms with E-state index in [1.54, 1.807) is 0 Å². The zero-order chi connectivity index (χ0) is 20.1.